The van der Waals surface area contributed by atoms with Crippen LogP contribution in [0.3, 0.4) is 0 Å². The van der Waals surface area contributed by atoms with Crippen molar-refractivity contribution in [1.29, 1.82) is 0 Å². The zero-order valence-corrected chi connectivity index (χ0v) is 13.9. The Morgan fingerprint density at radius 1 is 1.39 bits per heavy atom. The van der Waals surface area contributed by atoms with Crippen molar-refractivity contribution in [1.82, 2.24) is 10.2 Å². The first-order chi connectivity index (χ1) is 11.0. The Bertz CT molecular complexity index is 585. The maximum atomic E-state index is 13.9. The number of carbonyl (C=O) groups excluding carboxylic acids is 1. The molecule has 0 bridgehead atoms. The lowest BCUT2D eigenvalue weighted by atomic mass is 9.94. The number of hydrogen-bond donors (Lipinski definition) is 1. The third-order valence-electron chi connectivity index (χ3n) is 4.60. The van der Waals surface area contributed by atoms with Crippen LogP contribution in [0.15, 0.2) is 24.3 Å². The molecule has 4 heteroatoms. The lowest BCUT2D eigenvalue weighted by molar-refractivity contribution is -0.124. The van der Waals surface area contributed by atoms with Gasteiger partial charge in [0, 0.05) is 18.2 Å². The summed E-state index contributed by atoms with van der Waals surface area (Å²) in [6.07, 6.45) is 9.11. The normalized spacial score (nSPS) is 14.6. The van der Waals surface area contributed by atoms with E-state index >= 15 is 0 Å². The largest absolute Gasteiger partial charge is 0.339 e. The molecule has 0 atom stereocenters. The van der Waals surface area contributed by atoms with Gasteiger partial charge in [0.15, 0.2) is 0 Å². The summed E-state index contributed by atoms with van der Waals surface area (Å²) in [6.45, 7) is 4.65. The van der Waals surface area contributed by atoms with Crippen molar-refractivity contribution in [3.8, 4) is 12.3 Å². The van der Waals surface area contributed by atoms with Crippen molar-refractivity contribution in [2.75, 3.05) is 6.54 Å². The Labute approximate surface area is 138 Å². The van der Waals surface area contributed by atoms with Crippen LogP contribution >= 0.6 is 0 Å². The first-order valence-electron chi connectivity index (χ1n) is 8.29. The van der Waals surface area contributed by atoms with E-state index in [2.05, 4.69) is 11.2 Å². The predicted octanol–water partition coefficient (Wildman–Crippen LogP) is 3.10. The Morgan fingerprint density at radius 3 is 2.57 bits per heavy atom. The molecular formula is C19H25FN2O. The molecule has 1 aliphatic carbocycles. The van der Waals surface area contributed by atoms with Crippen LogP contribution in [-0.2, 0) is 11.3 Å². The standard InChI is InChI=1S/C19H25FN2O/c1-4-19(5-2,6-3)21-18(23)14-22(16-11-12-16)13-15-9-7-8-10-17(15)20/h1,7-10,16H,5-6,11-14H2,2-3H3,(H,21,23). The molecule has 1 aliphatic rings. The monoisotopic (exact) mass is 316 g/mol. The van der Waals surface area contributed by atoms with Crippen LogP contribution in [0.2, 0.25) is 0 Å². The van der Waals surface area contributed by atoms with E-state index in [0.29, 0.717) is 31.0 Å². The Kier molecular flexibility index (Phi) is 5.79. The fourth-order valence-electron chi connectivity index (χ4n) is 2.76. The van der Waals surface area contributed by atoms with Crippen molar-refractivity contribution in [3.05, 3.63) is 35.6 Å². The lowest BCUT2D eigenvalue weighted by Crippen LogP contribution is -2.50. The highest BCUT2D eigenvalue weighted by Gasteiger charge is 2.32. The summed E-state index contributed by atoms with van der Waals surface area (Å²) in [5.41, 5.74) is 0.0472. The summed E-state index contributed by atoms with van der Waals surface area (Å²) >= 11 is 0. The molecular weight excluding hydrogens is 291 g/mol. The number of nitrogens with one attached hydrogen (secondary N) is 1. The summed E-state index contributed by atoms with van der Waals surface area (Å²) in [5.74, 6) is 2.40. The van der Waals surface area contributed by atoms with Gasteiger partial charge < -0.3 is 5.32 Å². The number of terminal acetylenes is 1. The molecule has 1 amide bonds. The summed E-state index contributed by atoms with van der Waals surface area (Å²) in [7, 11) is 0. The molecule has 2 rings (SSSR count). The van der Waals surface area contributed by atoms with Crippen LogP contribution in [-0.4, -0.2) is 28.9 Å². The first kappa shape index (κ1) is 17.5. The van der Waals surface area contributed by atoms with Crippen molar-refractivity contribution >= 4 is 5.91 Å². The zero-order chi connectivity index (χ0) is 16.9. The van der Waals surface area contributed by atoms with Crippen LogP contribution in [0, 0.1) is 18.2 Å². The Balaban J connectivity index is 2.01. The zero-order valence-electron chi connectivity index (χ0n) is 13.9. The highest BCUT2D eigenvalue weighted by Crippen LogP contribution is 2.28. The van der Waals surface area contributed by atoms with E-state index < -0.39 is 5.54 Å². The SMILES string of the molecule is C#CC(CC)(CC)NC(=O)CN(Cc1ccccc1F)C1CC1. The molecule has 0 spiro atoms. The van der Waals surface area contributed by atoms with E-state index in [1.165, 1.54) is 6.07 Å². The molecule has 1 fully saturated rings. The van der Waals surface area contributed by atoms with Crippen LogP contribution in [0.5, 0.6) is 0 Å². The van der Waals surface area contributed by atoms with Gasteiger partial charge in [-0.25, -0.2) is 4.39 Å². The molecule has 124 valence electrons. The van der Waals surface area contributed by atoms with Gasteiger partial charge in [-0.05, 0) is 31.7 Å². The van der Waals surface area contributed by atoms with Gasteiger partial charge in [0.2, 0.25) is 5.91 Å². The van der Waals surface area contributed by atoms with Crippen molar-refractivity contribution < 1.29 is 9.18 Å². The predicted molar refractivity (Wildman–Crippen MR) is 90.1 cm³/mol. The summed E-state index contributed by atoms with van der Waals surface area (Å²) in [6, 6.07) is 7.09. The van der Waals surface area contributed by atoms with Crippen molar-refractivity contribution in [3.63, 3.8) is 0 Å². The van der Waals surface area contributed by atoms with Gasteiger partial charge in [0.25, 0.3) is 0 Å². The lowest BCUT2D eigenvalue weighted by Gasteiger charge is -2.29. The average molecular weight is 316 g/mol. The number of amides is 1. The van der Waals surface area contributed by atoms with Crippen molar-refractivity contribution in [2.45, 2.75) is 57.7 Å². The van der Waals surface area contributed by atoms with E-state index in [4.69, 9.17) is 6.42 Å². The molecule has 0 aromatic heterocycles. The van der Waals surface area contributed by atoms with E-state index in [1.807, 2.05) is 24.8 Å². The van der Waals surface area contributed by atoms with Crippen LogP contribution in [0.4, 0.5) is 4.39 Å². The van der Waals surface area contributed by atoms with Crippen LogP contribution < -0.4 is 5.32 Å². The second-order valence-electron chi connectivity index (χ2n) is 6.21. The summed E-state index contributed by atoms with van der Waals surface area (Å²) in [5, 5.41) is 2.98. The minimum absolute atomic E-state index is 0.0881. The number of carbonyl (C=O) groups is 1. The number of rotatable bonds is 8. The molecule has 1 N–H and O–H groups in total. The molecule has 0 radical (unpaired) electrons. The number of benzene rings is 1. The van der Waals surface area contributed by atoms with Gasteiger partial charge in [-0.15, -0.1) is 6.42 Å². The molecule has 0 saturated heterocycles. The summed E-state index contributed by atoms with van der Waals surface area (Å²) in [4.78, 5) is 14.5. The molecule has 3 nitrogen and oxygen atoms in total. The van der Waals surface area contributed by atoms with Gasteiger partial charge >= 0.3 is 0 Å². The first-order valence-corrected chi connectivity index (χ1v) is 8.29. The van der Waals surface area contributed by atoms with Gasteiger partial charge in [-0.2, -0.15) is 0 Å². The maximum absolute atomic E-state index is 13.9. The van der Waals surface area contributed by atoms with Gasteiger partial charge in [-0.1, -0.05) is 38.0 Å². The van der Waals surface area contributed by atoms with Crippen LogP contribution in [0.25, 0.3) is 0 Å². The second-order valence-corrected chi connectivity index (χ2v) is 6.21. The van der Waals surface area contributed by atoms with E-state index in [9.17, 15) is 9.18 Å². The topological polar surface area (TPSA) is 32.3 Å². The fraction of sp³-hybridized carbons (Fsp3) is 0.526. The summed E-state index contributed by atoms with van der Waals surface area (Å²) < 4.78 is 13.9. The highest BCUT2D eigenvalue weighted by molar-refractivity contribution is 5.79. The highest BCUT2D eigenvalue weighted by atomic mass is 19.1. The minimum atomic E-state index is -0.579. The van der Waals surface area contributed by atoms with Crippen molar-refractivity contribution in [2.24, 2.45) is 0 Å². The van der Waals surface area contributed by atoms with E-state index in [-0.39, 0.29) is 18.3 Å². The molecule has 23 heavy (non-hydrogen) atoms. The van der Waals surface area contributed by atoms with Crippen LogP contribution in [0.1, 0.15) is 45.1 Å². The Morgan fingerprint density at radius 2 is 2.04 bits per heavy atom. The number of nitrogens with zero attached hydrogens (tertiary/aromatic N) is 1. The fourth-order valence-corrected chi connectivity index (χ4v) is 2.76. The molecule has 1 aromatic rings. The van der Waals surface area contributed by atoms with Gasteiger partial charge in [-0.3, -0.25) is 9.69 Å². The number of halogens is 1. The Hall–Kier alpha value is -1.86. The van der Waals surface area contributed by atoms with E-state index in [0.717, 1.165) is 12.8 Å². The smallest absolute Gasteiger partial charge is 0.235 e. The van der Waals surface area contributed by atoms with Gasteiger partial charge in [0.1, 0.15) is 11.4 Å². The third-order valence-corrected chi connectivity index (χ3v) is 4.60. The second kappa shape index (κ2) is 7.61. The maximum Gasteiger partial charge on any atom is 0.235 e. The quantitative estimate of drug-likeness (QED) is 0.748. The molecule has 1 aromatic carbocycles. The van der Waals surface area contributed by atoms with Gasteiger partial charge in [0.05, 0.1) is 6.54 Å². The molecule has 1 saturated carbocycles. The minimum Gasteiger partial charge on any atom is -0.339 e. The molecule has 0 heterocycles. The third kappa shape index (κ3) is 4.56. The van der Waals surface area contributed by atoms with E-state index in [1.54, 1.807) is 12.1 Å². The average Bonchev–Trinajstić information content (AvgIpc) is 3.39. The molecule has 0 unspecified atom stereocenters. The number of hydrogen-bond acceptors (Lipinski definition) is 2. The molecule has 0 aliphatic heterocycles.